The molecule has 1 saturated carbocycles. The van der Waals surface area contributed by atoms with E-state index in [1.54, 1.807) is 31.2 Å². The van der Waals surface area contributed by atoms with Crippen LogP contribution in [0.25, 0.3) is 10.6 Å². The summed E-state index contributed by atoms with van der Waals surface area (Å²) >= 11 is 7.26. The molecule has 1 aliphatic carbocycles. The Hall–Kier alpha value is -2.99. The first-order valence-electron chi connectivity index (χ1n) is 8.67. The first-order chi connectivity index (χ1) is 13.5. The average Bonchev–Trinajstić information content (AvgIpc) is 3.25. The molecule has 28 heavy (non-hydrogen) atoms. The van der Waals surface area contributed by atoms with Crippen LogP contribution < -0.4 is 0 Å². The van der Waals surface area contributed by atoms with Crippen molar-refractivity contribution in [2.45, 2.75) is 12.8 Å². The van der Waals surface area contributed by atoms with Crippen LogP contribution in [0, 0.1) is 40.9 Å². The Balaban J connectivity index is 1.71. The van der Waals surface area contributed by atoms with E-state index in [1.807, 2.05) is 30.3 Å². The van der Waals surface area contributed by atoms with Crippen molar-refractivity contribution in [2.24, 2.45) is 11.3 Å². The Bertz CT molecular complexity index is 1130. The predicted molar refractivity (Wildman–Crippen MR) is 108 cm³/mol. The normalized spacial score (nSPS) is 19.4. The number of carbonyl (C=O) groups is 1. The molecular weight excluding hydrogens is 390 g/mol. The molecule has 0 spiro atoms. The minimum Gasteiger partial charge on any atom is -0.293 e. The lowest BCUT2D eigenvalue weighted by molar-refractivity contribution is 0.0961. The minimum atomic E-state index is -1.35. The van der Waals surface area contributed by atoms with Crippen molar-refractivity contribution >= 4 is 28.7 Å². The topological polar surface area (TPSA) is 77.5 Å². The number of hydrogen-bond donors (Lipinski definition) is 0. The zero-order valence-corrected chi connectivity index (χ0v) is 16.5. The van der Waals surface area contributed by atoms with Gasteiger partial charge in [0.2, 0.25) is 0 Å². The van der Waals surface area contributed by atoms with E-state index in [0.717, 1.165) is 16.1 Å². The molecule has 0 unspecified atom stereocenters. The SMILES string of the molecule is Cc1nc(-c2ccccc2)sc1C(=O)[C@H]1[C@@H](c2ccc(Cl)cc2)C1(C#N)C#N. The van der Waals surface area contributed by atoms with Gasteiger partial charge in [-0.05, 0) is 24.6 Å². The summed E-state index contributed by atoms with van der Waals surface area (Å²) < 4.78 is 0. The average molecular weight is 404 g/mol. The van der Waals surface area contributed by atoms with Crippen molar-refractivity contribution in [3.8, 4) is 22.7 Å². The van der Waals surface area contributed by atoms with Crippen LogP contribution >= 0.6 is 22.9 Å². The maximum absolute atomic E-state index is 13.3. The highest BCUT2D eigenvalue weighted by molar-refractivity contribution is 7.17. The van der Waals surface area contributed by atoms with Crippen LogP contribution in [0.4, 0.5) is 0 Å². The van der Waals surface area contributed by atoms with E-state index >= 15 is 0 Å². The highest BCUT2D eigenvalue weighted by atomic mass is 35.5. The third-order valence-corrected chi connectivity index (χ3v) is 6.60. The van der Waals surface area contributed by atoms with Crippen LogP contribution in [0.2, 0.25) is 5.02 Å². The first kappa shape index (κ1) is 18.4. The molecule has 0 N–H and O–H groups in total. The number of hydrogen-bond acceptors (Lipinski definition) is 5. The van der Waals surface area contributed by atoms with Gasteiger partial charge in [-0.3, -0.25) is 4.79 Å². The number of rotatable bonds is 4. The molecule has 136 valence electrons. The summed E-state index contributed by atoms with van der Waals surface area (Å²) in [6, 6.07) is 20.8. The van der Waals surface area contributed by atoms with Crippen LogP contribution in [-0.2, 0) is 0 Å². The van der Waals surface area contributed by atoms with E-state index in [0.29, 0.717) is 15.6 Å². The smallest absolute Gasteiger partial charge is 0.181 e. The van der Waals surface area contributed by atoms with Crippen molar-refractivity contribution in [3.63, 3.8) is 0 Å². The molecule has 0 amide bonds. The van der Waals surface area contributed by atoms with Gasteiger partial charge < -0.3 is 0 Å². The molecule has 4 nitrogen and oxygen atoms in total. The molecule has 0 saturated heterocycles. The summed E-state index contributed by atoms with van der Waals surface area (Å²) in [5, 5.41) is 20.7. The predicted octanol–water partition coefficient (Wildman–Crippen LogP) is 5.40. The number of benzene rings is 2. The second-order valence-corrected chi connectivity index (χ2v) is 8.20. The molecule has 0 radical (unpaired) electrons. The minimum absolute atomic E-state index is 0.194. The summed E-state index contributed by atoms with van der Waals surface area (Å²) in [6.45, 7) is 1.79. The van der Waals surface area contributed by atoms with E-state index < -0.39 is 17.3 Å². The second-order valence-electron chi connectivity index (χ2n) is 6.76. The molecule has 4 rings (SSSR count). The van der Waals surface area contributed by atoms with E-state index in [-0.39, 0.29) is 5.78 Å². The molecule has 6 heteroatoms. The van der Waals surface area contributed by atoms with Crippen LogP contribution in [-0.4, -0.2) is 10.8 Å². The number of aryl methyl sites for hydroxylation is 1. The number of Topliss-reactive ketones (excluding diaryl/α,β-unsaturated/α-hetero) is 1. The maximum atomic E-state index is 13.3. The molecule has 1 aliphatic rings. The van der Waals surface area contributed by atoms with Crippen molar-refractivity contribution in [3.05, 3.63) is 75.8 Å². The molecule has 1 heterocycles. The van der Waals surface area contributed by atoms with Gasteiger partial charge >= 0.3 is 0 Å². The number of thiazole rings is 1. The third-order valence-electron chi connectivity index (χ3n) is 5.13. The van der Waals surface area contributed by atoms with Crippen molar-refractivity contribution < 1.29 is 4.79 Å². The summed E-state index contributed by atoms with van der Waals surface area (Å²) in [5.74, 6) is -1.36. The van der Waals surface area contributed by atoms with Crippen LogP contribution in [0.1, 0.15) is 26.8 Å². The fourth-order valence-corrected chi connectivity index (χ4v) is 4.82. The molecule has 3 aromatic rings. The number of nitriles is 2. The molecular formula is C22H14ClN3OS. The summed E-state index contributed by atoms with van der Waals surface area (Å²) in [4.78, 5) is 18.3. The number of aromatic nitrogens is 1. The number of nitrogens with zero attached hydrogens (tertiary/aromatic N) is 3. The Morgan fingerprint density at radius 2 is 1.75 bits per heavy atom. The number of halogens is 1. The third kappa shape index (κ3) is 2.81. The molecule has 1 aromatic heterocycles. The van der Waals surface area contributed by atoms with Gasteiger partial charge in [0, 0.05) is 16.5 Å². The molecule has 2 atom stereocenters. The quantitative estimate of drug-likeness (QED) is 0.546. The highest BCUT2D eigenvalue weighted by Gasteiger charge is 2.71. The zero-order valence-electron chi connectivity index (χ0n) is 14.9. The van der Waals surface area contributed by atoms with E-state index in [4.69, 9.17) is 11.6 Å². The van der Waals surface area contributed by atoms with Crippen molar-refractivity contribution in [1.82, 2.24) is 4.98 Å². The Kier molecular flexibility index (Phi) is 4.51. The Labute approximate surface area is 171 Å². The Morgan fingerprint density at radius 1 is 1.11 bits per heavy atom. The van der Waals surface area contributed by atoms with Gasteiger partial charge in [-0.1, -0.05) is 54.1 Å². The van der Waals surface area contributed by atoms with E-state index in [9.17, 15) is 15.3 Å². The summed E-state index contributed by atoms with van der Waals surface area (Å²) in [5.41, 5.74) is 0.983. The lowest BCUT2D eigenvalue weighted by Crippen LogP contribution is -2.08. The fraction of sp³-hybridized carbons (Fsp3) is 0.182. The number of ketones is 1. The lowest BCUT2D eigenvalue weighted by atomic mass is 10.0. The van der Waals surface area contributed by atoms with Gasteiger partial charge in [-0.15, -0.1) is 11.3 Å². The van der Waals surface area contributed by atoms with Gasteiger partial charge in [0.05, 0.1) is 28.6 Å². The zero-order chi connectivity index (χ0) is 19.9. The van der Waals surface area contributed by atoms with E-state index in [1.165, 1.54) is 11.3 Å². The van der Waals surface area contributed by atoms with Gasteiger partial charge in [0.1, 0.15) is 5.01 Å². The number of carbonyl (C=O) groups excluding carboxylic acids is 1. The standard InChI is InChI=1S/C22H14ClN3OS/c1-13-20(28-21(26-13)15-5-3-2-4-6-15)19(27)18-17(22(18,11-24)12-25)14-7-9-16(23)10-8-14/h2-10,17-18H,1H3/t17-,18-/m1/s1. The maximum Gasteiger partial charge on any atom is 0.181 e. The molecule has 0 aliphatic heterocycles. The fourth-order valence-electron chi connectivity index (χ4n) is 3.65. The molecule has 2 aromatic carbocycles. The van der Waals surface area contributed by atoms with Crippen LogP contribution in [0.15, 0.2) is 54.6 Å². The van der Waals surface area contributed by atoms with Crippen molar-refractivity contribution in [1.29, 1.82) is 10.5 Å². The monoisotopic (exact) mass is 403 g/mol. The Morgan fingerprint density at radius 3 is 2.36 bits per heavy atom. The highest BCUT2D eigenvalue weighted by Crippen LogP contribution is 2.65. The van der Waals surface area contributed by atoms with Crippen molar-refractivity contribution in [2.75, 3.05) is 0 Å². The summed E-state index contributed by atoms with van der Waals surface area (Å²) in [6.07, 6.45) is 0. The van der Waals surface area contributed by atoms with Crippen LogP contribution in [0.3, 0.4) is 0 Å². The lowest BCUT2D eigenvalue weighted by Gasteiger charge is -1.99. The van der Waals surface area contributed by atoms with Gasteiger partial charge in [-0.25, -0.2) is 4.98 Å². The van der Waals surface area contributed by atoms with Crippen LogP contribution in [0.5, 0.6) is 0 Å². The first-order valence-corrected chi connectivity index (χ1v) is 9.86. The van der Waals surface area contributed by atoms with E-state index in [2.05, 4.69) is 17.1 Å². The second kappa shape index (κ2) is 6.87. The van der Waals surface area contributed by atoms with Gasteiger partial charge in [0.25, 0.3) is 0 Å². The van der Waals surface area contributed by atoms with Gasteiger partial charge in [0.15, 0.2) is 11.2 Å². The molecule has 1 fully saturated rings. The van der Waals surface area contributed by atoms with Gasteiger partial charge in [-0.2, -0.15) is 10.5 Å². The largest absolute Gasteiger partial charge is 0.293 e. The summed E-state index contributed by atoms with van der Waals surface area (Å²) in [7, 11) is 0. The molecule has 0 bridgehead atoms.